The molecule has 1 heterocycles. The predicted molar refractivity (Wildman–Crippen MR) is 114 cm³/mol. The standard InChI is InChI=1S/C19H20BrClN2O4S/c1-10-5-16(18(27-4)8-15(10)21)22-28(25,26)19-9-17-13(7-14(19)20)6-11(2)23(17)12(3)24/h5,7-9,11,22H,6H2,1-4H3/t11-/m0/s1. The van der Waals surface area contributed by atoms with Crippen molar-refractivity contribution in [3.8, 4) is 5.75 Å². The summed E-state index contributed by atoms with van der Waals surface area (Å²) in [7, 11) is -2.51. The number of rotatable bonds is 4. The van der Waals surface area contributed by atoms with E-state index in [-0.39, 0.29) is 22.5 Å². The minimum Gasteiger partial charge on any atom is -0.495 e. The van der Waals surface area contributed by atoms with Crippen LogP contribution in [0, 0.1) is 6.92 Å². The van der Waals surface area contributed by atoms with Gasteiger partial charge in [-0.25, -0.2) is 8.42 Å². The summed E-state index contributed by atoms with van der Waals surface area (Å²) in [4.78, 5) is 13.7. The molecule has 3 rings (SSSR count). The lowest BCUT2D eigenvalue weighted by Gasteiger charge is -2.21. The normalized spacial score (nSPS) is 16.1. The molecule has 6 nitrogen and oxygen atoms in total. The molecule has 1 amide bonds. The van der Waals surface area contributed by atoms with Crippen LogP contribution in [-0.4, -0.2) is 27.5 Å². The van der Waals surface area contributed by atoms with Crippen molar-refractivity contribution in [2.24, 2.45) is 0 Å². The topological polar surface area (TPSA) is 75.7 Å². The minimum absolute atomic E-state index is 0.0238. The largest absolute Gasteiger partial charge is 0.495 e. The number of nitrogens with zero attached hydrogens (tertiary/aromatic N) is 1. The summed E-state index contributed by atoms with van der Waals surface area (Å²) < 4.78 is 34.5. The van der Waals surface area contributed by atoms with E-state index in [0.717, 1.165) is 5.56 Å². The summed E-state index contributed by atoms with van der Waals surface area (Å²) in [6.07, 6.45) is 0.672. The number of nitrogens with one attached hydrogen (secondary N) is 1. The van der Waals surface area contributed by atoms with Gasteiger partial charge in [0.05, 0.1) is 12.8 Å². The zero-order valence-electron chi connectivity index (χ0n) is 15.8. The molecule has 2 aromatic rings. The monoisotopic (exact) mass is 486 g/mol. The van der Waals surface area contributed by atoms with E-state index >= 15 is 0 Å². The third-order valence-electron chi connectivity index (χ3n) is 4.70. The molecule has 1 atom stereocenters. The second kappa shape index (κ2) is 7.57. The maximum atomic E-state index is 13.1. The summed E-state index contributed by atoms with van der Waals surface area (Å²) in [5.41, 5.74) is 2.54. The number of fused-ring (bicyclic) bond motifs is 1. The fourth-order valence-electron chi connectivity index (χ4n) is 3.42. The van der Waals surface area contributed by atoms with Gasteiger partial charge in [0, 0.05) is 34.2 Å². The number of sulfonamides is 1. The van der Waals surface area contributed by atoms with Gasteiger partial charge < -0.3 is 9.64 Å². The molecule has 0 radical (unpaired) electrons. The first-order chi connectivity index (χ1) is 13.0. The van der Waals surface area contributed by atoms with E-state index in [0.29, 0.717) is 32.9 Å². The van der Waals surface area contributed by atoms with Crippen LogP contribution in [0.15, 0.2) is 33.6 Å². The van der Waals surface area contributed by atoms with Gasteiger partial charge in [0.25, 0.3) is 10.0 Å². The Balaban J connectivity index is 2.07. The molecule has 0 spiro atoms. The molecule has 0 aromatic heterocycles. The van der Waals surface area contributed by atoms with Gasteiger partial charge in [0.2, 0.25) is 5.91 Å². The Kier molecular flexibility index (Phi) is 5.67. The molecule has 0 bridgehead atoms. The van der Waals surface area contributed by atoms with Gasteiger partial charge >= 0.3 is 0 Å². The highest BCUT2D eigenvalue weighted by Crippen LogP contribution is 2.39. The van der Waals surface area contributed by atoms with E-state index in [4.69, 9.17) is 16.3 Å². The van der Waals surface area contributed by atoms with Gasteiger partial charge in [-0.3, -0.25) is 9.52 Å². The Morgan fingerprint density at radius 1 is 1.32 bits per heavy atom. The van der Waals surface area contributed by atoms with E-state index in [9.17, 15) is 13.2 Å². The van der Waals surface area contributed by atoms with Crippen molar-refractivity contribution in [3.63, 3.8) is 0 Å². The number of hydrogen-bond acceptors (Lipinski definition) is 4. The third kappa shape index (κ3) is 3.73. The molecule has 1 N–H and O–H groups in total. The van der Waals surface area contributed by atoms with E-state index in [1.165, 1.54) is 20.1 Å². The zero-order chi connectivity index (χ0) is 20.8. The number of anilines is 2. The van der Waals surface area contributed by atoms with Crippen molar-refractivity contribution in [2.45, 2.75) is 38.1 Å². The molecule has 0 fully saturated rings. The molecule has 0 saturated heterocycles. The summed E-state index contributed by atoms with van der Waals surface area (Å²) in [5.74, 6) is 0.190. The van der Waals surface area contributed by atoms with Crippen LogP contribution in [-0.2, 0) is 21.2 Å². The van der Waals surface area contributed by atoms with Crippen molar-refractivity contribution in [1.29, 1.82) is 0 Å². The van der Waals surface area contributed by atoms with Crippen LogP contribution in [0.3, 0.4) is 0 Å². The molecule has 2 aromatic carbocycles. The first-order valence-electron chi connectivity index (χ1n) is 8.54. The number of aryl methyl sites for hydroxylation is 1. The second-order valence-corrected chi connectivity index (χ2v) is 9.67. The number of carbonyl (C=O) groups is 1. The van der Waals surface area contributed by atoms with Crippen molar-refractivity contribution in [1.82, 2.24) is 0 Å². The number of amides is 1. The minimum atomic E-state index is -3.95. The average Bonchev–Trinajstić information content (AvgIpc) is 2.91. The predicted octanol–water partition coefficient (Wildman–Crippen LogP) is 4.52. The summed E-state index contributed by atoms with van der Waals surface area (Å²) >= 11 is 9.46. The maximum absolute atomic E-state index is 13.1. The van der Waals surface area contributed by atoms with Crippen LogP contribution in [0.2, 0.25) is 5.02 Å². The molecule has 28 heavy (non-hydrogen) atoms. The van der Waals surface area contributed by atoms with Gasteiger partial charge in [-0.2, -0.15) is 0 Å². The lowest BCUT2D eigenvalue weighted by Crippen LogP contribution is -2.33. The lowest BCUT2D eigenvalue weighted by atomic mass is 10.1. The molecule has 0 unspecified atom stereocenters. The van der Waals surface area contributed by atoms with Gasteiger partial charge in [-0.05, 0) is 65.5 Å². The fraction of sp³-hybridized carbons (Fsp3) is 0.316. The van der Waals surface area contributed by atoms with Crippen LogP contribution in [0.25, 0.3) is 0 Å². The first-order valence-corrected chi connectivity index (χ1v) is 11.2. The van der Waals surface area contributed by atoms with Crippen molar-refractivity contribution < 1.29 is 17.9 Å². The highest BCUT2D eigenvalue weighted by molar-refractivity contribution is 9.10. The molecule has 0 aliphatic carbocycles. The quantitative estimate of drug-likeness (QED) is 0.688. The van der Waals surface area contributed by atoms with Crippen LogP contribution in [0.4, 0.5) is 11.4 Å². The van der Waals surface area contributed by atoms with Crippen LogP contribution in [0.1, 0.15) is 25.0 Å². The number of carbonyl (C=O) groups excluding carboxylic acids is 1. The Morgan fingerprint density at radius 2 is 2.00 bits per heavy atom. The lowest BCUT2D eigenvalue weighted by molar-refractivity contribution is -0.116. The Labute approximate surface area is 178 Å². The fourth-order valence-corrected chi connectivity index (χ4v) is 5.74. The average molecular weight is 488 g/mol. The number of methoxy groups -OCH3 is 1. The number of benzene rings is 2. The van der Waals surface area contributed by atoms with Crippen molar-refractivity contribution in [3.05, 3.63) is 44.9 Å². The Morgan fingerprint density at radius 3 is 2.61 bits per heavy atom. The van der Waals surface area contributed by atoms with Gasteiger partial charge in [-0.1, -0.05) is 11.6 Å². The van der Waals surface area contributed by atoms with Crippen LogP contribution < -0.4 is 14.4 Å². The second-order valence-electron chi connectivity index (χ2n) is 6.76. The van der Waals surface area contributed by atoms with E-state index in [1.807, 2.05) is 6.92 Å². The Hall–Kier alpha value is -1.77. The SMILES string of the molecule is COc1cc(Cl)c(C)cc1NS(=O)(=O)c1cc2c(cc1Br)C[C@H](C)N2C(C)=O. The zero-order valence-corrected chi connectivity index (χ0v) is 19.0. The van der Waals surface area contributed by atoms with Gasteiger partial charge in [0.15, 0.2) is 0 Å². The summed E-state index contributed by atoms with van der Waals surface area (Å²) in [6, 6.07) is 6.44. The van der Waals surface area contributed by atoms with Crippen LogP contribution in [0.5, 0.6) is 5.75 Å². The third-order valence-corrected chi connectivity index (χ3v) is 7.43. The smallest absolute Gasteiger partial charge is 0.263 e. The number of halogens is 2. The van der Waals surface area contributed by atoms with Crippen molar-refractivity contribution in [2.75, 3.05) is 16.7 Å². The highest BCUT2D eigenvalue weighted by Gasteiger charge is 2.32. The van der Waals surface area contributed by atoms with Gasteiger partial charge in [-0.15, -0.1) is 0 Å². The molecule has 0 saturated carbocycles. The van der Waals surface area contributed by atoms with E-state index < -0.39 is 10.0 Å². The first kappa shape index (κ1) is 21.0. The molecule has 1 aliphatic rings. The van der Waals surface area contributed by atoms with Gasteiger partial charge in [0.1, 0.15) is 10.6 Å². The highest BCUT2D eigenvalue weighted by atomic mass is 79.9. The van der Waals surface area contributed by atoms with Crippen molar-refractivity contribution >= 4 is 54.8 Å². The Bertz CT molecular complexity index is 1070. The molecular formula is C19H20BrClN2O4S. The molecule has 1 aliphatic heterocycles. The number of ether oxygens (including phenoxy) is 1. The molecular weight excluding hydrogens is 468 g/mol. The maximum Gasteiger partial charge on any atom is 0.263 e. The summed E-state index contributed by atoms with van der Waals surface area (Å²) in [6.45, 7) is 5.18. The molecule has 150 valence electrons. The summed E-state index contributed by atoms with van der Waals surface area (Å²) in [5, 5.41) is 0.476. The van der Waals surface area contributed by atoms with E-state index in [2.05, 4.69) is 20.7 Å². The van der Waals surface area contributed by atoms with Crippen LogP contribution >= 0.6 is 27.5 Å². The number of hydrogen-bond donors (Lipinski definition) is 1. The molecule has 9 heteroatoms. The van der Waals surface area contributed by atoms with E-state index in [1.54, 1.807) is 30.0 Å².